The van der Waals surface area contributed by atoms with Crippen LogP contribution in [0, 0.1) is 0 Å². The van der Waals surface area contributed by atoms with E-state index in [1.54, 1.807) is 0 Å². The minimum absolute atomic E-state index is 0. The summed E-state index contributed by atoms with van der Waals surface area (Å²) in [7, 11) is 0. The number of benzene rings is 2. The maximum atomic E-state index is 10.2. The number of carbonyl (C=O) groups is 2. The van der Waals surface area contributed by atoms with Crippen molar-refractivity contribution in [3.05, 3.63) is 47.5 Å². The fourth-order valence-electron chi connectivity index (χ4n) is 1.38. The maximum Gasteiger partial charge on any atom is 2.00 e. The summed E-state index contributed by atoms with van der Waals surface area (Å²) in [4.78, 5) is 20.4. The molecule has 0 spiro atoms. The van der Waals surface area contributed by atoms with Crippen molar-refractivity contribution in [2.24, 2.45) is 0 Å². The average molecular weight is 331 g/mol. The van der Waals surface area contributed by atoms with Crippen molar-refractivity contribution in [3.8, 4) is 23.0 Å². The van der Waals surface area contributed by atoms with Crippen LogP contribution in [0.15, 0.2) is 36.4 Å². The van der Waals surface area contributed by atoms with Gasteiger partial charge < -0.3 is 40.2 Å². The van der Waals surface area contributed by atoms with E-state index in [0.29, 0.717) is 0 Å². The van der Waals surface area contributed by atoms with Gasteiger partial charge in [0.25, 0.3) is 0 Å². The van der Waals surface area contributed by atoms with Crippen LogP contribution in [0.2, 0.25) is 0 Å². The van der Waals surface area contributed by atoms with Gasteiger partial charge in [-0.05, 0) is 36.4 Å². The Morgan fingerprint density at radius 1 is 0.696 bits per heavy atom. The number of carboxylic acid groups (broad SMARTS) is 2. The van der Waals surface area contributed by atoms with Crippen LogP contribution in [-0.2, 0) is 0 Å². The Morgan fingerprint density at radius 2 is 1.00 bits per heavy atom. The van der Waals surface area contributed by atoms with E-state index in [4.69, 9.17) is 20.4 Å². The number of aromatic hydroxyl groups is 4. The summed E-state index contributed by atoms with van der Waals surface area (Å²) in [6.45, 7) is 0. The van der Waals surface area contributed by atoms with Crippen LogP contribution >= 0.6 is 0 Å². The molecule has 8 nitrogen and oxygen atoms in total. The molecule has 116 valence electrons. The molecule has 2 aromatic rings. The van der Waals surface area contributed by atoms with Gasteiger partial charge in [0, 0.05) is 11.1 Å². The second-order valence-electron chi connectivity index (χ2n) is 3.98. The number of hydrogen-bond acceptors (Lipinski definition) is 8. The van der Waals surface area contributed by atoms with E-state index in [2.05, 4.69) is 0 Å². The SMILES string of the molecule is O=C([O-])c1cc(O)ccc1O.O=C([O-])c1cc(O)ccc1O.[Mg+2]. The van der Waals surface area contributed by atoms with Crippen LogP contribution in [0.5, 0.6) is 23.0 Å². The predicted octanol–water partition coefficient (Wildman–Crippen LogP) is -1.46. The number of phenols is 4. The molecule has 9 heteroatoms. The molecule has 0 saturated heterocycles. The minimum atomic E-state index is -1.52. The van der Waals surface area contributed by atoms with Crippen LogP contribution in [-0.4, -0.2) is 55.4 Å². The number of carbonyl (C=O) groups excluding carboxylic acids is 2. The molecule has 0 aromatic heterocycles. The van der Waals surface area contributed by atoms with Crippen molar-refractivity contribution in [3.63, 3.8) is 0 Å². The van der Waals surface area contributed by atoms with Crippen molar-refractivity contribution in [2.45, 2.75) is 0 Å². The Hall–Kier alpha value is -2.65. The summed E-state index contributed by atoms with van der Waals surface area (Å²) < 4.78 is 0. The van der Waals surface area contributed by atoms with E-state index in [1.807, 2.05) is 0 Å². The molecule has 0 radical (unpaired) electrons. The molecule has 2 rings (SSSR count). The Labute approximate surface area is 146 Å². The zero-order valence-electron chi connectivity index (χ0n) is 11.6. The Bertz CT molecular complexity index is 652. The van der Waals surface area contributed by atoms with Gasteiger partial charge in [-0.25, -0.2) is 0 Å². The number of phenolic OH excluding ortho intramolecular Hbond substituents is 2. The van der Waals surface area contributed by atoms with Crippen molar-refractivity contribution in [1.29, 1.82) is 0 Å². The molecule has 0 aliphatic carbocycles. The third-order valence-corrected chi connectivity index (χ3v) is 2.40. The Morgan fingerprint density at radius 3 is 1.22 bits per heavy atom. The Balaban J connectivity index is 0.000000403. The standard InChI is InChI=1S/2C7H6O4.Mg/c2*8-4-1-2-6(9)5(3-4)7(10)11;/h2*1-3,8-9H,(H,10,11);/q;;+2/p-2. The quantitative estimate of drug-likeness (QED) is 0.384. The molecule has 23 heavy (non-hydrogen) atoms. The van der Waals surface area contributed by atoms with Crippen LogP contribution in [0.3, 0.4) is 0 Å². The van der Waals surface area contributed by atoms with Gasteiger partial charge in [-0.3, -0.25) is 0 Å². The van der Waals surface area contributed by atoms with Crippen molar-refractivity contribution in [1.82, 2.24) is 0 Å². The van der Waals surface area contributed by atoms with Gasteiger partial charge >= 0.3 is 23.1 Å². The molecule has 0 amide bonds. The molecule has 0 atom stereocenters. The largest absolute Gasteiger partial charge is 2.00 e. The van der Waals surface area contributed by atoms with E-state index >= 15 is 0 Å². The van der Waals surface area contributed by atoms with Crippen LogP contribution in [0.25, 0.3) is 0 Å². The molecule has 0 saturated carbocycles. The number of rotatable bonds is 2. The first-order chi connectivity index (χ1) is 10.2. The second kappa shape index (κ2) is 8.71. The van der Waals surface area contributed by atoms with Gasteiger partial charge in [0.15, 0.2) is 0 Å². The van der Waals surface area contributed by atoms with Crippen molar-refractivity contribution < 1.29 is 40.2 Å². The van der Waals surface area contributed by atoms with Gasteiger partial charge in [-0.2, -0.15) is 0 Å². The first kappa shape index (κ1) is 20.3. The molecular formula is C14H10MgO8. The van der Waals surface area contributed by atoms with Crippen molar-refractivity contribution in [2.75, 3.05) is 0 Å². The third-order valence-electron chi connectivity index (χ3n) is 2.40. The molecule has 0 fully saturated rings. The van der Waals surface area contributed by atoms with Gasteiger partial charge in [-0.15, -0.1) is 0 Å². The fourth-order valence-corrected chi connectivity index (χ4v) is 1.38. The molecule has 0 unspecified atom stereocenters. The second-order valence-corrected chi connectivity index (χ2v) is 3.98. The summed E-state index contributed by atoms with van der Waals surface area (Å²) in [5, 5.41) is 55.7. The van der Waals surface area contributed by atoms with E-state index in [0.717, 1.165) is 24.3 Å². The molecule has 0 heterocycles. The first-order valence-electron chi connectivity index (χ1n) is 5.69. The smallest absolute Gasteiger partial charge is 0.545 e. The number of carboxylic acids is 2. The van der Waals surface area contributed by atoms with E-state index in [-0.39, 0.29) is 34.6 Å². The fraction of sp³-hybridized carbons (Fsp3) is 0. The first-order valence-corrected chi connectivity index (χ1v) is 5.69. The topological polar surface area (TPSA) is 161 Å². The van der Waals surface area contributed by atoms with Crippen LogP contribution < -0.4 is 10.2 Å². The molecule has 0 bridgehead atoms. The minimum Gasteiger partial charge on any atom is -0.545 e. The molecule has 0 aliphatic heterocycles. The third kappa shape index (κ3) is 5.92. The molecule has 2 aromatic carbocycles. The van der Waals surface area contributed by atoms with E-state index in [9.17, 15) is 19.8 Å². The summed E-state index contributed by atoms with van der Waals surface area (Å²) in [5.41, 5.74) is -0.824. The van der Waals surface area contributed by atoms with Gasteiger partial charge in [0.05, 0.1) is 11.9 Å². The van der Waals surface area contributed by atoms with Crippen LogP contribution in [0.1, 0.15) is 20.7 Å². The van der Waals surface area contributed by atoms with Crippen LogP contribution in [0.4, 0.5) is 0 Å². The predicted molar refractivity (Wildman–Crippen MR) is 74.0 cm³/mol. The monoisotopic (exact) mass is 330 g/mol. The maximum absolute atomic E-state index is 10.2. The number of hydrogen-bond donors (Lipinski definition) is 4. The van der Waals surface area contributed by atoms with Crippen molar-refractivity contribution >= 4 is 35.0 Å². The van der Waals surface area contributed by atoms with E-state index < -0.39 is 34.6 Å². The summed E-state index contributed by atoms with van der Waals surface area (Å²) in [6.07, 6.45) is 0. The zero-order chi connectivity index (χ0) is 16.9. The van der Waals surface area contributed by atoms with Gasteiger partial charge in [0.1, 0.15) is 23.0 Å². The molecular weight excluding hydrogens is 320 g/mol. The summed E-state index contributed by atoms with van der Waals surface area (Å²) >= 11 is 0. The summed E-state index contributed by atoms with van der Waals surface area (Å²) in [6, 6.07) is 6.37. The Kier molecular flexibility index (Phi) is 7.70. The zero-order valence-corrected chi connectivity index (χ0v) is 13.0. The normalized spacial score (nSPS) is 9.04. The van der Waals surface area contributed by atoms with Gasteiger partial charge in [0.2, 0.25) is 0 Å². The average Bonchev–Trinajstić information content (AvgIpc) is 2.44. The van der Waals surface area contributed by atoms with Gasteiger partial charge in [-0.1, -0.05) is 0 Å². The summed E-state index contributed by atoms with van der Waals surface area (Å²) in [5.74, 6) is -4.30. The van der Waals surface area contributed by atoms with E-state index in [1.165, 1.54) is 12.1 Å². The molecule has 0 aliphatic rings. The molecule has 4 N–H and O–H groups in total. The number of aromatic carboxylic acids is 2.